The van der Waals surface area contributed by atoms with Crippen molar-refractivity contribution < 1.29 is 33.4 Å². The lowest BCUT2D eigenvalue weighted by Crippen LogP contribution is -2.54. The summed E-state index contributed by atoms with van der Waals surface area (Å²) in [4.78, 5) is 0. The maximum atomic E-state index is 9.16. The molecule has 1 saturated heterocycles. The van der Waals surface area contributed by atoms with Gasteiger partial charge in [0.15, 0.2) is 20.4 Å². The SMILES string of the molecule is COC(OC)[C@@H](O[Si](C)(C)C(C)(C)C)[C@H]1OC(C)(C)O[C@@H]1/C=C\B(O)O. The summed E-state index contributed by atoms with van der Waals surface area (Å²) in [6, 6.07) is 0. The van der Waals surface area contributed by atoms with Crippen LogP contribution in [0.15, 0.2) is 12.1 Å². The quantitative estimate of drug-likeness (QED) is 0.485. The predicted octanol–water partition coefficient (Wildman–Crippen LogP) is 2.08. The van der Waals surface area contributed by atoms with Crippen LogP contribution < -0.4 is 0 Å². The number of rotatable bonds is 8. The van der Waals surface area contributed by atoms with E-state index in [4.69, 9.17) is 33.4 Å². The molecule has 3 atom stereocenters. The largest absolute Gasteiger partial charge is 0.480 e. The topological polar surface area (TPSA) is 86.6 Å². The van der Waals surface area contributed by atoms with E-state index >= 15 is 0 Å². The third kappa shape index (κ3) is 6.13. The van der Waals surface area contributed by atoms with E-state index in [0.717, 1.165) is 0 Å². The highest BCUT2D eigenvalue weighted by Crippen LogP contribution is 2.41. The number of hydrogen-bond donors (Lipinski definition) is 2. The van der Waals surface area contributed by atoms with Gasteiger partial charge in [-0.1, -0.05) is 32.8 Å². The molecule has 0 aromatic heterocycles. The number of ether oxygens (including phenoxy) is 4. The fraction of sp³-hybridized carbons (Fsp3) is 0.882. The van der Waals surface area contributed by atoms with Gasteiger partial charge in [0.25, 0.3) is 0 Å². The summed E-state index contributed by atoms with van der Waals surface area (Å²) < 4.78 is 29.6. The van der Waals surface area contributed by atoms with Crippen LogP contribution in [0.4, 0.5) is 0 Å². The molecule has 1 heterocycles. The lowest BCUT2D eigenvalue weighted by molar-refractivity contribution is -0.204. The van der Waals surface area contributed by atoms with Gasteiger partial charge in [-0.15, -0.1) is 0 Å². The van der Waals surface area contributed by atoms with Crippen LogP contribution >= 0.6 is 0 Å². The molecule has 9 heteroatoms. The highest BCUT2D eigenvalue weighted by molar-refractivity contribution is 6.74. The Hall–Kier alpha value is -0.258. The summed E-state index contributed by atoms with van der Waals surface area (Å²) in [5.41, 5.74) is 0. The molecule has 26 heavy (non-hydrogen) atoms. The molecule has 1 aliphatic heterocycles. The van der Waals surface area contributed by atoms with Gasteiger partial charge in [-0.05, 0) is 32.0 Å². The van der Waals surface area contributed by atoms with E-state index < -0.39 is 45.8 Å². The zero-order chi connectivity index (χ0) is 20.3. The number of methoxy groups -OCH3 is 2. The van der Waals surface area contributed by atoms with Crippen molar-refractivity contribution in [2.45, 2.75) is 83.1 Å². The van der Waals surface area contributed by atoms with E-state index in [1.165, 1.54) is 5.98 Å². The van der Waals surface area contributed by atoms with Crippen LogP contribution in [0.25, 0.3) is 0 Å². The summed E-state index contributed by atoms with van der Waals surface area (Å²) in [5.74, 6) is 0.404. The molecule has 0 bridgehead atoms. The molecule has 0 spiro atoms. The average Bonchev–Trinajstić information content (AvgIpc) is 2.79. The molecule has 0 aromatic carbocycles. The van der Waals surface area contributed by atoms with Gasteiger partial charge in [0.05, 0.1) is 0 Å². The zero-order valence-corrected chi connectivity index (χ0v) is 18.5. The van der Waals surface area contributed by atoms with Crippen LogP contribution in [0.2, 0.25) is 18.1 Å². The van der Waals surface area contributed by atoms with Crippen molar-refractivity contribution >= 4 is 15.4 Å². The average molecular weight is 390 g/mol. The fourth-order valence-corrected chi connectivity index (χ4v) is 3.87. The maximum absolute atomic E-state index is 9.16. The van der Waals surface area contributed by atoms with E-state index in [1.807, 2.05) is 0 Å². The second-order valence-electron chi connectivity index (χ2n) is 8.55. The lowest BCUT2D eigenvalue weighted by atomic mass is 9.90. The number of hydrogen-bond acceptors (Lipinski definition) is 7. The fourth-order valence-electron chi connectivity index (χ4n) is 2.59. The van der Waals surface area contributed by atoms with Crippen molar-refractivity contribution in [2.24, 2.45) is 0 Å². The van der Waals surface area contributed by atoms with Gasteiger partial charge in [-0.2, -0.15) is 0 Å². The van der Waals surface area contributed by atoms with Crippen molar-refractivity contribution in [1.29, 1.82) is 0 Å². The predicted molar refractivity (Wildman–Crippen MR) is 103 cm³/mol. The first-order chi connectivity index (χ1) is 11.7. The first-order valence-electron chi connectivity index (χ1n) is 8.87. The van der Waals surface area contributed by atoms with Crippen molar-refractivity contribution in [3.05, 3.63) is 12.1 Å². The maximum Gasteiger partial charge on any atom is 0.480 e. The molecule has 0 aliphatic carbocycles. The first-order valence-corrected chi connectivity index (χ1v) is 11.8. The van der Waals surface area contributed by atoms with Crippen molar-refractivity contribution in [3.63, 3.8) is 0 Å². The molecular weight excluding hydrogens is 355 g/mol. The zero-order valence-electron chi connectivity index (χ0n) is 17.5. The molecule has 1 fully saturated rings. The normalized spacial score (nSPS) is 25.2. The Balaban J connectivity index is 3.22. The van der Waals surface area contributed by atoms with Crippen LogP contribution in [0.5, 0.6) is 0 Å². The van der Waals surface area contributed by atoms with Gasteiger partial charge in [-0.3, -0.25) is 0 Å². The van der Waals surface area contributed by atoms with E-state index in [1.54, 1.807) is 34.1 Å². The van der Waals surface area contributed by atoms with Crippen LogP contribution in [0, 0.1) is 0 Å². The minimum atomic E-state index is -2.17. The summed E-state index contributed by atoms with van der Waals surface area (Å²) in [7, 11) is -0.626. The van der Waals surface area contributed by atoms with Crippen molar-refractivity contribution in [3.8, 4) is 0 Å². The summed E-state index contributed by atoms with van der Waals surface area (Å²) in [5, 5.41) is 18.3. The van der Waals surface area contributed by atoms with E-state index in [9.17, 15) is 0 Å². The molecule has 0 unspecified atom stereocenters. The molecule has 0 saturated carbocycles. The molecule has 152 valence electrons. The summed E-state index contributed by atoms with van der Waals surface area (Å²) >= 11 is 0. The van der Waals surface area contributed by atoms with Gasteiger partial charge in [0.1, 0.15) is 18.3 Å². The smallest absolute Gasteiger partial charge is 0.424 e. The Kier molecular flexibility index (Phi) is 8.08. The van der Waals surface area contributed by atoms with Gasteiger partial charge in [-0.25, -0.2) is 0 Å². The molecule has 2 N–H and O–H groups in total. The van der Waals surface area contributed by atoms with Crippen molar-refractivity contribution in [2.75, 3.05) is 14.2 Å². The van der Waals surface area contributed by atoms with Crippen LogP contribution in [0.3, 0.4) is 0 Å². The van der Waals surface area contributed by atoms with Crippen LogP contribution in [-0.4, -0.2) is 70.1 Å². The third-order valence-electron chi connectivity index (χ3n) is 4.93. The molecule has 1 rings (SSSR count). The second kappa shape index (κ2) is 8.83. The van der Waals surface area contributed by atoms with Gasteiger partial charge < -0.3 is 33.4 Å². The van der Waals surface area contributed by atoms with Gasteiger partial charge >= 0.3 is 7.12 Å². The van der Waals surface area contributed by atoms with Crippen LogP contribution in [0.1, 0.15) is 34.6 Å². The molecule has 7 nitrogen and oxygen atoms in total. The molecular formula is C17H35BO7Si. The van der Waals surface area contributed by atoms with E-state index in [0.29, 0.717) is 0 Å². The summed E-state index contributed by atoms with van der Waals surface area (Å²) in [6.45, 7) is 14.4. The van der Waals surface area contributed by atoms with Crippen molar-refractivity contribution in [1.82, 2.24) is 0 Å². The molecule has 0 radical (unpaired) electrons. The minimum Gasteiger partial charge on any atom is -0.424 e. The Morgan fingerprint density at radius 2 is 1.65 bits per heavy atom. The highest BCUT2D eigenvalue weighted by Gasteiger charge is 2.51. The standard InChI is InChI=1S/C17H35BO7Si/c1-16(2,3)26(8,9)25-14(15(21-6)22-7)13-12(10-11-18(19)20)23-17(4,5)24-13/h10-15,19-20H,1-9H3/b11-10-/t12-,13+,14+/m1/s1. The molecule has 0 amide bonds. The second-order valence-corrected chi connectivity index (χ2v) is 13.3. The summed E-state index contributed by atoms with van der Waals surface area (Å²) in [6.07, 6.45) is -0.679. The Labute approximate surface area is 158 Å². The van der Waals surface area contributed by atoms with Gasteiger partial charge in [0.2, 0.25) is 0 Å². The van der Waals surface area contributed by atoms with Gasteiger partial charge in [0, 0.05) is 14.2 Å². The van der Waals surface area contributed by atoms with Crippen LogP contribution in [-0.2, 0) is 23.4 Å². The molecule has 1 aliphatic rings. The van der Waals surface area contributed by atoms with E-state index in [2.05, 4.69) is 33.9 Å². The monoisotopic (exact) mass is 390 g/mol. The highest BCUT2D eigenvalue weighted by atomic mass is 28.4. The Morgan fingerprint density at radius 1 is 1.12 bits per heavy atom. The third-order valence-corrected chi connectivity index (χ3v) is 9.40. The lowest BCUT2D eigenvalue weighted by Gasteiger charge is -2.42. The minimum absolute atomic E-state index is 0.0150. The Bertz CT molecular complexity index is 472. The van der Waals surface area contributed by atoms with E-state index in [-0.39, 0.29) is 5.04 Å². The molecule has 0 aromatic rings. The first kappa shape index (κ1) is 23.8. The Morgan fingerprint density at radius 3 is 2.08 bits per heavy atom.